The minimum Gasteiger partial charge on any atom is -0.497 e. The second-order valence-electron chi connectivity index (χ2n) is 3.19. The molecule has 0 radical (unpaired) electrons. The zero-order valence-electron chi connectivity index (χ0n) is 9.41. The van der Waals surface area contributed by atoms with E-state index in [2.05, 4.69) is 0 Å². The van der Waals surface area contributed by atoms with Crippen molar-refractivity contribution in [1.29, 1.82) is 0 Å². The highest BCUT2D eigenvalue weighted by molar-refractivity contribution is 5.64. The van der Waals surface area contributed by atoms with Gasteiger partial charge >= 0.3 is 0 Å². The van der Waals surface area contributed by atoms with Crippen molar-refractivity contribution in [2.24, 2.45) is 5.73 Å². The molecule has 0 fully saturated rings. The van der Waals surface area contributed by atoms with Gasteiger partial charge in [-0.05, 0) is 36.8 Å². The maximum atomic E-state index is 5.47. The van der Waals surface area contributed by atoms with E-state index in [0.29, 0.717) is 6.54 Å². The number of rotatable bonds is 4. The number of methoxy groups -OCH3 is 2. The monoisotopic (exact) mass is 207 g/mol. The SMILES string of the molecule is CO/C(=C\CN)c1ccc(OC)cc1C. The van der Waals surface area contributed by atoms with Gasteiger partial charge in [-0.15, -0.1) is 0 Å². The van der Waals surface area contributed by atoms with E-state index in [9.17, 15) is 0 Å². The maximum absolute atomic E-state index is 5.47. The Morgan fingerprint density at radius 2 is 2.13 bits per heavy atom. The molecular formula is C12H17NO2. The Bertz CT molecular complexity index is 359. The molecule has 0 saturated heterocycles. The first-order valence-electron chi connectivity index (χ1n) is 4.82. The lowest BCUT2D eigenvalue weighted by Crippen LogP contribution is -1.99. The van der Waals surface area contributed by atoms with E-state index in [-0.39, 0.29) is 0 Å². The lowest BCUT2D eigenvalue weighted by atomic mass is 10.1. The van der Waals surface area contributed by atoms with E-state index in [1.54, 1.807) is 14.2 Å². The van der Waals surface area contributed by atoms with Gasteiger partial charge in [0.1, 0.15) is 11.5 Å². The topological polar surface area (TPSA) is 44.5 Å². The molecule has 0 bridgehead atoms. The number of benzene rings is 1. The van der Waals surface area contributed by atoms with Crippen LogP contribution in [0, 0.1) is 6.92 Å². The largest absolute Gasteiger partial charge is 0.497 e. The standard InChI is InChI=1S/C12H17NO2/c1-9-8-10(14-2)4-5-11(9)12(15-3)6-7-13/h4-6,8H,7,13H2,1-3H3/b12-6-. The van der Waals surface area contributed by atoms with Gasteiger partial charge in [0.05, 0.1) is 14.2 Å². The lowest BCUT2D eigenvalue weighted by Gasteiger charge is -2.10. The average molecular weight is 207 g/mol. The van der Waals surface area contributed by atoms with Crippen LogP contribution in [0.5, 0.6) is 5.75 Å². The maximum Gasteiger partial charge on any atom is 0.123 e. The molecule has 0 saturated carbocycles. The van der Waals surface area contributed by atoms with Crippen LogP contribution in [0.1, 0.15) is 11.1 Å². The lowest BCUT2D eigenvalue weighted by molar-refractivity contribution is 0.368. The van der Waals surface area contributed by atoms with E-state index in [0.717, 1.165) is 22.6 Å². The van der Waals surface area contributed by atoms with Gasteiger partial charge in [-0.2, -0.15) is 0 Å². The summed E-state index contributed by atoms with van der Waals surface area (Å²) in [7, 11) is 3.30. The Labute approximate surface area is 90.5 Å². The molecule has 1 aromatic carbocycles. The fourth-order valence-corrected chi connectivity index (χ4v) is 1.45. The summed E-state index contributed by atoms with van der Waals surface area (Å²) in [4.78, 5) is 0. The zero-order chi connectivity index (χ0) is 11.3. The van der Waals surface area contributed by atoms with Crippen LogP contribution in [0.15, 0.2) is 24.3 Å². The second-order valence-corrected chi connectivity index (χ2v) is 3.19. The molecule has 3 nitrogen and oxygen atoms in total. The van der Waals surface area contributed by atoms with Crippen molar-refractivity contribution < 1.29 is 9.47 Å². The van der Waals surface area contributed by atoms with Crippen LogP contribution in [0.25, 0.3) is 5.76 Å². The first-order valence-corrected chi connectivity index (χ1v) is 4.82. The summed E-state index contributed by atoms with van der Waals surface area (Å²) in [6.07, 6.45) is 1.86. The minimum atomic E-state index is 0.467. The quantitative estimate of drug-likeness (QED) is 0.767. The summed E-state index contributed by atoms with van der Waals surface area (Å²) in [5, 5.41) is 0. The average Bonchev–Trinajstić information content (AvgIpc) is 2.26. The first kappa shape index (κ1) is 11.6. The van der Waals surface area contributed by atoms with Gasteiger partial charge < -0.3 is 15.2 Å². The zero-order valence-corrected chi connectivity index (χ0v) is 9.41. The molecule has 82 valence electrons. The number of aryl methyl sites for hydroxylation is 1. The van der Waals surface area contributed by atoms with Gasteiger partial charge in [-0.1, -0.05) is 0 Å². The molecule has 0 aliphatic rings. The van der Waals surface area contributed by atoms with Crippen LogP contribution in [0.3, 0.4) is 0 Å². The summed E-state index contributed by atoms with van der Waals surface area (Å²) in [6.45, 7) is 2.48. The van der Waals surface area contributed by atoms with Crippen molar-refractivity contribution in [2.75, 3.05) is 20.8 Å². The van der Waals surface area contributed by atoms with Crippen LogP contribution in [0.4, 0.5) is 0 Å². The molecule has 2 N–H and O–H groups in total. The first-order chi connectivity index (χ1) is 7.22. The Morgan fingerprint density at radius 1 is 1.40 bits per heavy atom. The van der Waals surface area contributed by atoms with Crippen molar-refractivity contribution in [3.63, 3.8) is 0 Å². The normalized spacial score (nSPS) is 11.3. The van der Waals surface area contributed by atoms with Gasteiger partial charge in [0.25, 0.3) is 0 Å². The molecule has 0 atom stereocenters. The third-order valence-electron chi connectivity index (χ3n) is 2.22. The Hall–Kier alpha value is -1.48. The molecule has 0 amide bonds. The molecule has 0 aliphatic heterocycles. The van der Waals surface area contributed by atoms with Crippen molar-refractivity contribution in [3.8, 4) is 5.75 Å². The Morgan fingerprint density at radius 3 is 2.60 bits per heavy atom. The van der Waals surface area contributed by atoms with Crippen LogP contribution >= 0.6 is 0 Å². The fourth-order valence-electron chi connectivity index (χ4n) is 1.45. The number of nitrogens with two attached hydrogens (primary N) is 1. The van der Waals surface area contributed by atoms with E-state index in [1.807, 2.05) is 31.2 Å². The van der Waals surface area contributed by atoms with Crippen LogP contribution in [-0.2, 0) is 4.74 Å². The number of hydrogen-bond acceptors (Lipinski definition) is 3. The van der Waals surface area contributed by atoms with Gasteiger partial charge in [-0.3, -0.25) is 0 Å². The van der Waals surface area contributed by atoms with Crippen LogP contribution < -0.4 is 10.5 Å². The smallest absolute Gasteiger partial charge is 0.123 e. The van der Waals surface area contributed by atoms with E-state index in [4.69, 9.17) is 15.2 Å². The van der Waals surface area contributed by atoms with Crippen molar-refractivity contribution in [2.45, 2.75) is 6.92 Å². The molecular weight excluding hydrogens is 190 g/mol. The van der Waals surface area contributed by atoms with Gasteiger partial charge in [0.2, 0.25) is 0 Å². The summed E-state index contributed by atoms with van der Waals surface area (Å²) < 4.78 is 10.4. The Balaban J connectivity index is 3.09. The molecule has 0 aromatic heterocycles. The Kier molecular flexibility index (Phi) is 4.18. The highest BCUT2D eigenvalue weighted by Gasteiger charge is 2.05. The molecule has 0 unspecified atom stereocenters. The molecule has 0 heterocycles. The third kappa shape index (κ3) is 2.73. The predicted octanol–water partition coefficient (Wildman–Crippen LogP) is 1.95. The summed E-state index contributed by atoms with van der Waals surface area (Å²) in [5.74, 6) is 1.65. The van der Waals surface area contributed by atoms with E-state index in [1.165, 1.54) is 0 Å². The van der Waals surface area contributed by atoms with Crippen molar-refractivity contribution in [3.05, 3.63) is 35.4 Å². The predicted molar refractivity (Wildman–Crippen MR) is 61.8 cm³/mol. The summed E-state index contributed by atoms with van der Waals surface area (Å²) in [5.41, 5.74) is 7.62. The van der Waals surface area contributed by atoms with E-state index < -0.39 is 0 Å². The van der Waals surface area contributed by atoms with Gasteiger partial charge in [0, 0.05) is 12.1 Å². The van der Waals surface area contributed by atoms with E-state index >= 15 is 0 Å². The van der Waals surface area contributed by atoms with Crippen molar-refractivity contribution >= 4 is 5.76 Å². The highest BCUT2D eigenvalue weighted by Crippen LogP contribution is 2.23. The molecule has 1 rings (SSSR count). The van der Waals surface area contributed by atoms with Crippen LogP contribution in [-0.4, -0.2) is 20.8 Å². The third-order valence-corrected chi connectivity index (χ3v) is 2.22. The minimum absolute atomic E-state index is 0.467. The molecule has 15 heavy (non-hydrogen) atoms. The summed E-state index contributed by atoms with van der Waals surface area (Å²) >= 11 is 0. The second kappa shape index (κ2) is 5.41. The van der Waals surface area contributed by atoms with Crippen LogP contribution in [0.2, 0.25) is 0 Å². The van der Waals surface area contributed by atoms with Gasteiger partial charge in [0.15, 0.2) is 0 Å². The van der Waals surface area contributed by atoms with Gasteiger partial charge in [-0.25, -0.2) is 0 Å². The fraction of sp³-hybridized carbons (Fsp3) is 0.333. The molecule has 0 aliphatic carbocycles. The molecule has 3 heteroatoms. The molecule has 0 spiro atoms. The number of hydrogen-bond donors (Lipinski definition) is 1. The number of ether oxygens (including phenoxy) is 2. The highest BCUT2D eigenvalue weighted by atomic mass is 16.5. The molecule has 1 aromatic rings. The van der Waals surface area contributed by atoms with Crippen molar-refractivity contribution in [1.82, 2.24) is 0 Å². The summed E-state index contributed by atoms with van der Waals surface area (Å²) in [6, 6.07) is 5.85.